The highest BCUT2D eigenvalue weighted by atomic mass is 32.2. The van der Waals surface area contributed by atoms with Gasteiger partial charge in [-0.25, -0.2) is 8.42 Å². The van der Waals surface area contributed by atoms with Crippen molar-refractivity contribution in [3.8, 4) is 0 Å². The van der Waals surface area contributed by atoms with Crippen LogP contribution in [0.1, 0.15) is 19.4 Å². The van der Waals surface area contributed by atoms with Gasteiger partial charge in [-0.1, -0.05) is 0 Å². The Balaban J connectivity index is 3.09. The first-order valence-corrected chi connectivity index (χ1v) is 5.60. The van der Waals surface area contributed by atoms with E-state index in [0.29, 0.717) is 6.54 Å². The molecule has 0 radical (unpaired) electrons. The molecule has 0 aromatic carbocycles. The molecular formula is C8H14N2O2S. The highest BCUT2D eigenvalue weighted by molar-refractivity contribution is 7.90. The minimum Gasteiger partial charge on any atom is -0.326 e. The van der Waals surface area contributed by atoms with E-state index in [1.54, 1.807) is 26.1 Å². The van der Waals surface area contributed by atoms with E-state index in [9.17, 15) is 8.42 Å². The largest absolute Gasteiger partial charge is 0.326 e. The van der Waals surface area contributed by atoms with Gasteiger partial charge in [0.25, 0.3) is 0 Å². The quantitative estimate of drug-likeness (QED) is 0.777. The molecule has 0 bridgehead atoms. The van der Waals surface area contributed by atoms with Crippen molar-refractivity contribution in [3.63, 3.8) is 0 Å². The molecule has 13 heavy (non-hydrogen) atoms. The number of nitrogens with two attached hydrogens (primary N) is 1. The second-order valence-corrected chi connectivity index (χ2v) is 5.54. The van der Waals surface area contributed by atoms with E-state index in [0.717, 1.165) is 5.56 Å². The van der Waals surface area contributed by atoms with Gasteiger partial charge in [0.1, 0.15) is 0 Å². The molecule has 0 spiro atoms. The topological polar surface area (TPSA) is 65.1 Å². The van der Waals surface area contributed by atoms with Crippen LogP contribution in [0.2, 0.25) is 0 Å². The summed E-state index contributed by atoms with van der Waals surface area (Å²) >= 11 is 0. The molecule has 4 nitrogen and oxygen atoms in total. The zero-order valence-electron chi connectivity index (χ0n) is 7.77. The third-order valence-electron chi connectivity index (χ3n) is 1.85. The van der Waals surface area contributed by atoms with Crippen LogP contribution in [0.5, 0.6) is 0 Å². The summed E-state index contributed by atoms with van der Waals surface area (Å²) in [6.07, 6.45) is 3.08. The van der Waals surface area contributed by atoms with Crippen molar-refractivity contribution in [3.05, 3.63) is 24.0 Å². The van der Waals surface area contributed by atoms with Crippen LogP contribution in [-0.4, -0.2) is 17.6 Å². The summed E-state index contributed by atoms with van der Waals surface area (Å²) in [4.78, 5) is 0. The standard InChI is InChI=1S/C8H14N2O2S/c1-7(2)13(11,12)10-4-3-8(5-9)6-10/h3-4,6-7H,5,9H2,1-2H3. The molecule has 0 aliphatic heterocycles. The Kier molecular flexibility index (Phi) is 2.77. The normalized spacial score (nSPS) is 12.3. The van der Waals surface area contributed by atoms with Gasteiger partial charge < -0.3 is 5.73 Å². The second kappa shape index (κ2) is 3.51. The fraction of sp³-hybridized carbons (Fsp3) is 0.500. The molecule has 1 aromatic heterocycles. The van der Waals surface area contributed by atoms with Crippen LogP contribution in [-0.2, 0) is 16.6 Å². The molecule has 0 fully saturated rings. The lowest BCUT2D eigenvalue weighted by Gasteiger charge is -2.07. The number of hydrogen-bond donors (Lipinski definition) is 1. The first-order valence-electron chi connectivity index (χ1n) is 4.10. The molecule has 74 valence electrons. The highest BCUT2D eigenvalue weighted by Gasteiger charge is 2.17. The van der Waals surface area contributed by atoms with Crippen molar-refractivity contribution in [1.29, 1.82) is 0 Å². The molecule has 0 unspecified atom stereocenters. The van der Waals surface area contributed by atoms with Gasteiger partial charge in [0.05, 0.1) is 5.25 Å². The fourth-order valence-electron chi connectivity index (χ4n) is 0.941. The average Bonchev–Trinajstić information content (AvgIpc) is 2.51. The van der Waals surface area contributed by atoms with Crippen molar-refractivity contribution < 1.29 is 8.42 Å². The summed E-state index contributed by atoms with van der Waals surface area (Å²) in [7, 11) is -3.21. The fourth-order valence-corrected chi connectivity index (χ4v) is 1.94. The van der Waals surface area contributed by atoms with Gasteiger partial charge in [-0.05, 0) is 25.5 Å². The molecule has 0 saturated heterocycles. The first-order chi connectivity index (χ1) is 5.98. The maximum atomic E-state index is 11.6. The van der Waals surface area contributed by atoms with E-state index >= 15 is 0 Å². The Morgan fingerprint density at radius 3 is 2.54 bits per heavy atom. The summed E-state index contributed by atoms with van der Waals surface area (Å²) in [5.41, 5.74) is 6.20. The predicted octanol–water partition coefficient (Wildman–Crippen LogP) is 0.533. The van der Waals surface area contributed by atoms with E-state index in [-0.39, 0.29) is 0 Å². The molecule has 0 amide bonds. The Morgan fingerprint density at radius 2 is 2.15 bits per heavy atom. The molecular weight excluding hydrogens is 188 g/mol. The monoisotopic (exact) mass is 202 g/mol. The van der Waals surface area contributed by atoms with E-state index in [1.165, 1.54) is 10.2 Å². The van der Waals surface area contributed by atoms with Crippen molar-refractivity contribution in [2.75, 3.05) is 0 Å². The highest BCUT2D eigenvalue weighted by Crippen LogP contribution is 2.08. The van der Waals surface area contributed by atoms with Gasteiger partial charge in [0.2, 0.25) is 10.0 Å². The predicted molar refractivity (Wildman–Crippen MR) is 51.8 cm³/mol. The summed E-state index contributed by atoms with van der Waals surface area (Å²) in [5, 5.41) is -0.412. The van der Waals surface area contributed by atoms with Gasteiger partial charge in [-0.15, -0.1) is 0 Å². The van der Waals surface area contributed by atoms with Gasteiger partial charge in [-0.2, -0.15) is 0 Å². The zero-order valence-corrected chi connectivity index (χ0v) is 8.58. The molecule has 1 rings (SSSR count). The summed E-state index contributed by atoms with van der Waals surface area (Å²) < 4.78 is 24.4. The maximum absolute atomic E-state index is 11.6. The van der Waals surface area contributed by atoms with Gasteiger partial charge in [0, 0.05) is 18.9 Å². The van der Waals surface area contributed by atoms with Crippen molar-refractivity contribution in [2.45, 2.75) is 25.6 Å². The summed E-state index contributed by atoms with van der Waals surface area (Å²) in [6.45, 7) is 3.66. The second-order valence-electron chi connectivity index (χ2n) is 3.15. The molecule has 0 aliphatic rings. The lowest BCUT2D eigenvalue weighted by atomic mass is 10.4. The molecule has 1 heterocycles. The smallest absolute Gasteiger partial charge is 0.240 e. The Morgan fingerprint density at radius 1 is 1.54 bits per heavy atom. The number of aromatic nitrogens is 1. The zero-order chi connectivity index (χ0) is 10.1. The van der Waals surface area contributed by atoms with Crippen molar-refractivity contribution in [2.24, 2.45) is 5.73 Å². The van der Waals surface area contributed by atoms with Crippen LogP contribution < -0.4 is 5.73 Å². The van der Waals surface area contributed by atoms with Crippen LogP contribution in [0.15, 0.2) is 18.5 Å². The average molecular weight is 202 g/mol. The van der Waals surface area contributed by atoms with Crippen LogP contribution in [0.25, 0.3) is 0 Å². The summed E-state index contributed by atoms with van der Waals surface area (Å²) in [6, 6.07) is 1.71. The van der Waals surface area contributed by atoms with Crippen LogP contribution >= 0.6 is 0 Å². The summed E-state index contributed by atoms with van der Waals surface area (Å²) in [5.74, 6) is 0. The molecule has 1 aromatic rings. The SMILES string of the molecule is CC(C)S(=O)(=O)n1ccc(CN)c1. The van der Waals surface area contributed by atoms with Crippen molar-refractivity contribution >= 4 is 10.0 Å². The van der Waals surface area contributed by atoms with Gasteiger partial charge in [0.15, 0.2) is 0 Å². The minimum atomic E-state index is -3.21. The Labute approximate surface area is 78.4 Å². The van der Waals surface area contributed by atoms with Crippen LogP contribution in [0.3, 0.4) is 0 Å². The molecule has 0 atom stereocenters. The van der Waals surface area contributed by atoms with E-state index in [4.69, 9.17) is 5.73 Å². The van der Waals surface area contributed by atoms with E-state index < -0.39 is 15.3 Å². The third kappa shape index (κ3) is 1.92. The number of hydrogen-bond acceptors (Lipinski definition) is 3. The van der Waals surface area contributed by atoms with Gasteiger partial charge >= 0.3 is 0 Å². The first kappa shape index (κ1) is 10.3. The lowest BCUT2D eigenvalue weighted by Crippen LogP contribution is -2.20. The number of nitrogens with zero attached hydrogens (tertiary/aromatic N) is 1. The minimum absolute atomic E-state index is 0.362. The molecule has 5 heteroatoms. The number of rotatable bonds is 3. The van der Waals surface area contributed by atoms with Crippen molar-refractivity contribution in [1.82, 2.24) is 3.97 Å². The lowest BCUT2D eigenvalue weighted by molar-refractivity contribution is 0.578. The van der Waals surface area contributed by atoms with Gasteiger partial charge in [-0.3, -0.25) is 3.97 Å². The van der Waals surface area contributed by atoms with E-state index in [1.807, 2.05) is 0 Å². The van der Waals surface area contributed by atoms with Crippen LogP contribution in [0.4, 0.5) is 0 Å². The third-order valence-corrected chi connectivity index (χ3v) is 3.86. The van der Waals surface area contributed by atoms with E-state index in [2.05, 4.69) is 0 Å². The molecule has 0 aliphatic carbocycles. The molecule has 2 N–H and O–H groups in total. The van der Waals surface area contributed by atoms with Crippen LogP contribution in [0, 0.1) is 0 Å². The Bertz CT molecular complexity index is 379. The molecule has 0 saturated carbocycles. The Hall–Kier alpha value is -0.810. The maximum Gasteiger partial charge on any atom is 0.240 e.